The van der Waals surface area contributed by atoms with Crippen molar-refractivity contribution in [2.75, 3.05) is 23.3 Å². The second-order valence-electron chi connectivity index (χ2n) is 4.89. The lowest BCUT2D eigenvalue weighted by atomic mass is 10.1. The predicted molar refractivity (Wildman–Crippen MR) is 64.7 cm³/mol. The Hall–Kier alpha value is -1.51. The van der Waals surface area contributed by atoms with E-state index in [2.05, 4.69) is 23.2 Å². The van der Waals surface area contributed by atoms with Crippen molar-refractivity contribution >= 4 is 17.3 Å². The van der Waals surface area contributed by atoms with Crippen LogP contribution in [0.5, 0.6) is 0 Å². The molecule has 0 spiro atoms. The topological polar surface area (TPSA) is 32.3 Å². The van der Waals surface area contributed by atoms with Crippen molar-refractivity contribution in [2.45, 2.75) is 19.8 Å². The minimum atomic E-state index is 0.108. The Labute approximate surface area is 95.4 Å². The lowest BCUT2D eigenvalue weighted by Crippen LogP contribution is -2.39. The van der Waals surface area contributed by atoms with Gasteiger partial charge in [-0.3, -0.25) is 4.79 Å². The Morgan fingerprint density at radius 3 is 3.00 bits per heavy atom. The molecule has 1 amide bonds. The molecule has 3 heteroatoms. The van der Waals surface area contributed by atoms with Crippen LogP contribution in [-0.4, -0.2) is 19.0 Å². The highest BCUT2D eigenvalue weighted by Gasteiger charge is 2.28. The predicted octanol–water partition coefficient (Wildman–Crippen LogP) is 2.16. The van der Waals surface area contributed by atoms with Gasteiger partial charge in [-0.2, -0.15) is 0 Å². The van der Waals surface area contributed by atoms with Gasteiger partial charge in [0.15, 0.2) is 0 Å². The van der Waals surface area contributed by atoms with Crippen LogP contribution in [0.4, 0.5) is 11.4 Å². The Bertz CT molecular complexity index is 438. The van der Waals surface area contributed by atoms with E-state index < -0.39 is 0 Å². The van der Waals surface area contributed by atoms with Crippen molar-refractivity contribution in [3.8, 4) is 0 Å². The molecule has 3 nitrogen and oxygen atoms in total. The summed E-state index contributed by atoms with van der Waals surface area (Å²) >= 11 is 0. The van der Waals surface area contributed by atoms with Crippen LogP contribution >= 0.6 is 0 Å². The van der Waals surface area contributed by atoms with E-state index in [4.69, 9.17) is 0 Å². The quantitative estimate of drug-likeness (QED) is 0.821. The van der Waals surface area contributed by atoms with E-state index in [1.165, 1.54) is 24.1 Å². The number of rotatable bonds is 2. The average Bonchev–Trinajstić information content (AvgIpc) is 3.03. The number of nitrogens with one attached hydrogen (secondary N) is 1. The Morgan fingerprint density at radius 1 is 1.44 bits per heavy atom. The summed E-state index contributed by atoms with van der Waals surface area (Å²) in [7, 11) is 0. The van der Waals surface area contributed by atoms with Gasteiger partial charge in [-0.1, -0.05) is 6.07 Å². The SMILES string of the molecule is Cc1ccc2c(c1)N(CC1CC1)CC(=O)N2. The number of amides is 1. The standard InChI is InChI=1S/C13H16N2O/c1-9-2-5-11-12(6-9)15(7-10-3-4-10)8-13(16)14-11/h2,5-6,10H,3-4,7-8H2,1H3,(H,14,16). The number of carbonyl (C=O) groups is 1. The first kappa shape index (κ1) is 9.70. The summed E-state index contributed by atoms with van der Waals surface area (Å²) in [6, 6.07) is 6.21. The van der Waals surface area contributed by atoms with Crippen LogP contribution in [0.25, 0.3) is 0 Å². The second kappa shape index (κ2) is 3.51. The van der Waals surface area contributed by atoms with Gasteiger partial charge in [0, 0.05) is 6.54 Å². The lowest BCUT2D eigenvalue weighted by Gasteiger charge is -2.31. The molecule has 1 aromatic rings. The molecule has 1 aliphatic heterocycles. The summed E-state index contributed by atoms with van der Waals surface area (Å²) in [5.41, 5.74) is 3.39. The normalized spacial score (nSPS) is 19.3. The highest BCUT2D eigenvalue weighted by atomic mass is 16.2. The highest BCUT2D eigenvalue weighted by molar-refractivity contribution is 6.01. The third-order valence-electron chi connectivity index (χ3n) is 3.28. The first-order chi connectivity index (χ1) is 7.72. The maximum Gasteiger partial charge on any atom is 0.243 e. The molecule has 1 aromatic carbocycles. The average molecular weight is 216 g/mol. The second-order valence-corrected chi connectivity index (χ2v) is 4.89. The fourth-order valence-corrected chi connectivity index (χ4v) is 2.23. The molecule has 1 saturated carbocycles. The highest BCUT2D eigenvalue weighted by Crippen LogP contribution is 2.35. The van der Waals surface area contributed by atoms with Crippen LogP contribution in [-0.2, 0) is 4.79 Å². The van der Waals surface area contributed by atoms with Gasteiger partial charge in [0.1, 0.15) is 0 Å². The van der Waals surface area contributed by atoms with Crippen LogP contribution in [0.3, 0.4) is 0 Å². The van der Waals surface area contributed by atoms with Gasteiger partial charge in [-0.25, -0.2) is 0 Å². The Balaban J connectivity index is 1.94. The molecule has 1 heterocycles. The van der Waals surface area contributed by atoms with E-state index in [0.717, 1.165) is 18.2 Å². The van der Waals surface area contributed by atoms with Gasteiger partial charge >= 0.3 is 0 Å². The molecule has 1 fully saturated rings. The van der Waals surface area contributed by atoms with E-state index in [0.29, 0.717) is 6.54 Å². The molecular formula is C13H16N2O. The monoisotopic (exact) mass is 216 g/mol. The van der Waals surface area contributed by atoms with Crippen molar-refractivity contribution in [3.05, 3.63) is 23.8 Å². The first-order valence-corrected chi connectivity index (χ1v) is 5.88. The molecule has 16 heavy (non-hydrogen) atoms. The van der Waals surface area contributed by atoms with Crippen molar-refractivity contribution in [3.63, 3.8) is 0 Å². The summed E-state index contributed by atoms with van der Waals surface area (Å²) in [5.74, 6) is 0.913. The number of hydrogen-bond acceptors (Lipinski definition) is 2. The minimum Gasteiger partial charge on any atom is -0.360 e. The van der Waals surface area contributed by atoms with Gasteiger partial charge in [-0.15, -0.1) is 0 Å². The van der Waals surface area contributed by atoms with Crippen LogP contribution in [0, 0.1) is 12.8 Å². The number of fused-ring (bicyclic) bond motifs is 1. The van der Waals surface area contributed by atoms with Crippen LogP contribution in [0.2, 0.25) is 0 Å². The minimum absolute atomic E-state index is 0.108. The summed E-state index contributed by atoms with van der Waals surface area (Å²) in [6.07, 6.45) is 2.64. The molecule has 0 atom stereocenters. The molecule has 0 aromatic heterocycles. The number of benzene rings is 1. The first-order valence-electron chi connectivity index (χ1n) is 5.88. The van der Waals surface area contributed by atoms with Crippen molar-refractivity contribution < 1.29 is 4.79 Å². The van der Waals surface area contributed by atoms with Crippen molar-refractivity contribution in [1.29, 1.82) is 0 Å². The maximum absolute atomic E-state index is 11.6. The largest absolute Gasteiger partial charge is 0.360 e. The van der Waals surface area contributed by atoms with Crippen LogP contribution < -0.4 is 10.2 Å². The zero-order valence-corrected chi connectivity index (χ0v) is 9.49. The maximum atomic E-state index is 11.6. The molecule has 0 bridgehead atoms. The molecule has 1 N–H and O–H groups in total. The molecule has 1 aliphatic carbocycles. The molecule has 3 rings (SSSR count). The van der Waals surface area contributed by atoms with Gasteiger partial charge in [0.2, 0.25) is 5.91 Å². The number of aryl methyl sites for hydroxylation is 1. The summed E-state index contributed by atoms with van der Waals surface area (Å²) < 4.78 is 0. The molecule has 84 valence electrons. The van der Waals surface area contributed by atoms with Gasteiger partial charge < -0.3 is 10.2 Å². The van der Waals surface area contributed by atoms with Gasteiger partial charge in [-0.05, 0) is 43.4 Å². The summed E-state index contributed by atoms with van der Waals surface area (Å²) in [5, 5.41) is 2.93. The summed E-state index contributed by atoms with van der Waals surface area (Å²) in [4.78, 5) is 13.8. The summed E-state index contributed by atoms with van der Waals surface area (Å²) in [6.45, 7) is 3.63. The zero-order valence-electron chi connectivity index (χ0n) is 9.49. The molecule has 0 unspecified atom stereocenters. The van der Waals surface area contributed by atoms with E-state index >= 15 is 0 Å². The fraction of sp³-hybridized carbons (Fsp3) is 0.462. The van der Waals surface area contributed by atoms with Gasteiger partial charge in [0.05, 0.1) is 17.9 Å². The molecule has 0 radical (unpaired) electrons. The third-order valence-corrected chi connectivity index (χ3v) is 3.28. The van der Waals surface area contributed by atoms with Crippen LogP contribution in [0.15, 0.2) is 18.2 Å². The Morgan fingerprint density at radius 2 is 2.25 bits per heavy atom. The lowest BCUT2D eigenvalue weighted by molar-refractivity contribution is -0.115. The smallest absolute Gasteiger partial charge is 0.243 e. The number of hydrogen-bond donors (Lipinski definition) is 1. The van der Waals surface area contributed by atoms with E-state index in [1.54, 1.807) is 0 Å². The molecule has 2 aliphatic rings. The van der Waals surface area contributed by atoms with E-state index in [9.17, 15) is 4.79 Å². The van der Waals surface area contributed by atoms with E-state index in [-0.39, 0.29) is 5.91 Å². The third kappa shape index (κ3) is 1.77. The molecular weight excluding hydrogens is 200 g/mol. The van der Waals surface area contributed by atoms with Crippen LogP contribution in [0.1, 0.15) is 18.4 Å². The fourth-order valence-electron chi connectivity index (χ4n) is 2.23. The Kier molecular flexibility index (Phi) is 2.13. The van der Waals surface area contributed by atoms with E-state index in [1.807, 2.05) is 12.1 Å². The molecule has 0 saturated heterocycles. The number of nitrogens with zero attached hydrogens (tertiary/aromatic N) is 1. The number of carbonyl (C=O) groups excluding carboxylic acids is 1. The number of anilines is 2. The van der Waals surface area contributed by atoms with Crippen molar-refractivity contribution in [1.82, 2.24) is 0 Å². The van der Waals surface area contributed by atoms with Gasteiger partial charge in [0.25, 0.3) is 0 Å². The van der Waals surface area contributed by atoms with Crippen molar-refractivity contribution in [2.24, 2.45) is 5.92 Å². The zero-order chi connectivity index (χ0) is 11.1.